The Morgan fingerprint density at radius 3 is 1.24 bits per heavy atom. The maximum atomic E-state index is 13.3. The number of pyridine rings is 2. The van der Waals surface area contributed by atoms with Crippen LogP contribution in [-0.4, -0.2) is 173 Å². The lowest BCUT2D eigenvalue weighted by Gasteiger charge is -2.35. The molecule has 3 fully saturated rings. The topological polar surface area (TPSA) is 228 Å². The van der Waals surface area contributed by atoms with Crippen molar-refractivity contribution in [3.63, 3.8) is 0 Å². The second kappa shape index (κ2) is 35.1. The minimum absolute atomic E-state index is 0.103. The van der Waals surface area contributed by atoms with Crippen LogP contribution in [0.1, 0.15) is 74.8 Å². The van der Waals surface area contributed by atoms with Crippen molar-refractivity contribution >= 4 is 47.3 Å². The Morgan fingerprint density at radius 1 is 0.408 bits per heavy atom. The first-order valence-electron chi connectivity index (χ1n) is 32.3. The van der Waals surface area contributed by atoms with Gasteiger partial charge in [0, 0.05) is 110 Å². The first kappa shape index (κ1) is 75.5. The minimum atomic E-state index is -4.63. The number of nitrogens with one attached hydrogen (secondary N) is 3. The van der Waals surface area contributed by atoms with Crippen LogP contribution in [0.4, 0.5) is 54.8 Å². The zero-order valence-electron chi connectivity index (χ0n) is 55.4. The number of nitrogens with zero attached hydrogens (tertiary/aromatic N) is 8. The Balaban J connectivity index is 0.000000180. The fourth-order valence-corrected chi connectivity index (χ4v) is 10.9. The van der Waals surface area contributed by atoms with Gasteiger partial charge in [0.15, 0.2) is 6.61 Å². The van der Waals surface area contributed by atoms with E-state index in [1.165, 1.54) is 91.2 Å². The maximum absolute atomic E-state index is 13.3. The number of hydrogen-bond donors (Lipinski definition) is 3. The van der Waals surface area contributed by atoms with Crippen LogP contribution in [0.15, 0.2) is 194 Å². The van der Waals surface area contributed by atoms with Crippen molar-refractivity contribution in [1.29, 1.82) is 0 Å². The summed E-state index contributed by atoms with van der Waals surface area (Å²) in [4.78, 5) is 105. The summed E-state index contributed by atoms with van der Waals surface area (Å²) < 4.78 is 136. The van der Waals surface area contributed by atoms with Crippen molar-refractivity contribution in [2.75, 3.05) is 97.5 Å². The van der Waals surface area contributed by atoms with Crippen LogP contribution >= 0.6 is 0 Å². The standard InChI is InChI=1S/C26H25F3N4O3.C25H23F3N4O3.C22H22F3N3O4/c27-26(28,29)22-9-5-4-8-21(22)24(34)32-12-14-33(15-13-32)25(35)31-17-20-10-11-30-23(16-20)36-18-19-6-2-1-3-7-19;26-25(27,28)21-9-5-4-8-20(21)23(33)31-12-14-32(15-13-31)24(34)30-19-10-11-22(29-16-19)35-17-18-6-2-1-3-7-18;1-26-20(30)16-7-3-5-9-18(16)32-14-19(29)27-10-12-28(13-11-27)21(31)15-6-2-4-8-17(15)22(23,24)25/h1-11,16H,12-15,17-18H2,(H,31,35);1-11,16H,12-15,17H2,(H,30,34);2-9H,10-14H2,1H3,(H,26,30). The molecular weight excluding hydrogens is 1360 g/mol. The summed E-state index contributed by atoms with van der Waals surface area (Å²) in [6.45, 7) is 2.59. The molecule has 0 saturated carbocycles. The van der Waals surface area contributed by atoms with Gasteiger partial charge in [0.2, 0.25) is 11.8 Å². The van der Waals surface area contributed by atoms with E-state index in [0.29, 0.717) is 36.2 Å². The highest BCUT2D eigenvalue weighted by atomic mass is 19.4. The number of hydrogen-bond acceptors (Lipinski definition) is 12. The third kappa shape index (κ3) is 21.2. The molecule has 3 N–H and O–H groups in total. The molecule has 9 amide bonds. The summed E-state index contributed by atoms with van der Waals surface area (Å²) in [5, 5.41) is 8.05. The number of rotatable bonds is 16. The number of anilines is 1. The summed E-state index contributed by atoms with van der Waals surface area (Å²) in [6, 6.07) is 46.0. The van der Waals surface area contributed by atoms with E-state index in [2.05, 4.69) is 25.9 Å². The maximum Gasteiger partial charge on any atom is 0.417 e. The highest BCUT2D eigenvalue weighted by molar-refractivity contribution is 5.98. The Labute approximate surface area is 585 Å². The number of carbonyl (C=O) groups is 7. The van der Waals surface area contributed by atoms with Crippen LogP contribution in [0.25, 0.3) is 0 Å². The number of ether oxygens (including phenoxy) is 3. The van der Waals surface area contributed by atoms with Crippen molar-refractivity contribution in [3.05, 3.63) is 250 Å². The molecule has 0 spiro atoms. The zero-order valence-corrected chi connectivity index (χ0v) is 55.4. The van der Waals surface area contributed by atoms with Crippen molar-refractivity contribution in [2.45, 2.75) is 38.3 Å². The number of benzene rings is 6. The van der Waals surface area contributed by atoms with Crippen molar-refractivity contribution < 1.29 is 87.3 Å². The van der Waals surface area contributed by atoms with Gasteiger partial charge in [-0.2, -0.15) is 39.5 Å². The molecule has 0 unspecified atom stereocenters. The number of amides is 9. The molecule has 0 atom stereocenters. The normalized spacial score (nSPS) is 14.0. The summed E-state index contributed by atoms with van der Waals surface area (Å²) in [6.07, 6.45) is -10.8. The highest BCUT2D eigenvalue weighted by Crippen LogP contribution is 2.35. The second-order valence-electron chi connectivity index (χ2n) is 23.3. The van der Waals surface area contributed by atoms with Crippen molar-refractivity contribution in [2.24, 2.45) is 0 Å². The fourth-order valence-electron chi connectivity index (χ4n) is 10.9. The largest absolute Gasteiger partial charge is 0.483 e. The number of piperazine rings is 3. The lowest BCUT2D eigenvalue weighted by Crippen LogP contribution is -2.53. The van der Waals surface area contributed by atoms with Gasteiger partial charge < -0.3 is 59.6 Å². The molecule has 30 heteroatoms. The van der Waals surface area contributed by atoms with Gasteiger partial charge in [0.25, 0.3) is 29.5 Å². The third-order valence-electron chi connectivity index (χ3n) is 16.4. The summed E-state index contributed by atoms with van der Waals surface area (Å²) >= 11 is 0. The predicted octanol–water partition coefficient (Wildman–Crippen LogP) is 11.4. The molecule has 11 rings (SSSR count). The van der Waals surface area contributed by atoms with Crippen LogP contribution in [0.5, 0.6) is 17.5 Å². The third-order valence-corrected chi connectivity index (χ3v) is 16.4. The van der Waals surface area contributed by atoms with E-state index in [0.717, 1.165) is 41.0 Å². The molecule has 21 nitrogen and oxygen atoms in total. The van der Waals surface area contributed by atoms with E-state index in [1.807, 2.05) is 60.7 Å². The number of halogens is 9. The average molecular weight is 1430 g/mol. The molecule has 0 aliphatic carbocycles. The Bertz CT molecular complexity index is 4210. The first-order chi connectivity index (χ1) is 49.3. The predicted molar refractivity (Wildman–Crippen MR) is 358 cm³/mol. The van der Waals surface area contributed by atoms with E-state index in [-0.39, 0.29) is 127 Å². The smallest absolute Gasteiger partial charge is 0.417 e. The van der Waals surface area contributed by atoms with Crippen LogP contribution in [-0.2, 0) is 43.1 Å². The van der Waals surface area contributed by atoms with Crippen molar-refractivity contribution in [1.82, 2.24) is 50.0 Å². The number of alkyl halides is 9. The molecule has 8 aromatic rings. The summed E-state index contributed by atoms with van der Waals surface area (Å²) in [7, 11) is 1.48. The zero-order chi connectivity index (χ0) is 73.7. The van der Waals surface area contributed by atoms with Gasteiger partial charge in [-0.3, -0.25) is 24.0 Å². The van der Waals surface area contributed by atoms with Crippen LogP contribution in [0, 0.1) is 0 Å². The minimum Gasteiger partial charge on any atom is -0.483 e. The van der Waals surface area contributed by atoms with E-state index < -0.39 is 64.1 Å². The van der Waals surface area contributed by atoms with Gasteiger partial charge in [-0.25, -0.2) is 19.6 Å². The molecule has 0 bridgehead atoms. The lowest BCUT2D eigenvalue weighted by molar-refractivity contribution is -0.138. The molecule has 2 aromatic heterocycles. The monoisotopic (exact) mass is 1430 g/mol. The van der Waals surface area contributed by atoms with Gasteiger partial charge in [-0.15, -0.1) is 0 Å². The number of para-hydroxylation sites is 1. The highest BCUT2D eigenvalue weighted by Gasteiger charge is 2.40. The summed E-state index contributed by atoms with van der Waals surface area (Å²) in [5.41, 5.74) is -0.498. The molecule has 0 radical (unpaired) electrons. The number of urea groups is 2. The molecule has 3 saturated heterocycles. The molecule has 103 heavy (non-hydrogen) atoms. The Morgan fingerprint density at radius 2 is 0.806 bits per heavy atom. The Hall–Kier alpha value is -11.7. The first-order valence-corrected chi connectivity index (χ1v) is 32.3. The van der Waals surface area contributed by atoms with Gasteiger partial charge in [-0.1, -0.05) is 109 Å². The van der Waals surface area contributed by atoms with Crippen LogP contribution in [0.3, 0.4) is 0 Å². The molecule has 3 aliphatic rings. The fraction of sp³-hybridized carbons (Fsp3) is 0.274. The van der Waals surface area contributed by atoms with Gasteiger partial charge in [0.1, 0.15) is 19.0 Å². The quantitative estimate of drug-likeness (QED) is 0.0768. The van der Waals surface area contributed by atoms with Crippen LogP contribution < -0.4 is 30.2 Å². The summed E-state index contributed by atoms with van der Waals surface area (Å²) in [5.74, 6) is -1.69. The lowest BCUT2D eigenvalue weighted by atomic mass is 10.1. The van der Waals surface area contributed by atoms with Gasteiger partial charge in [-0.05, 0) is 77.4 Å². The second-order valence-corrected chi connectivity index (χ2v) is 23.3. The molecule has 5 heterocycles. The molecular formula is C73H70F9N11O10. The van der Waals surface area contributed by atoms with Gasteiger partial charge in [0.05, 0.1) is 50.8 Å². The number of carbonyl (C=O) groups excluding carboxylic acids is 7. The average Bonchev–Trinajstić information content (AvgIpc) is 0.813. The van der Waals surface area contributed by atoms with Crippen LogP contribution in [0.2, 0.25) is 0 Å². The molecule has 6 aromatic carbocycles. The molecule has 3 aliphatic heterocycles. The molecule has 540 valence electrons. The van der Waals surface area contributed by atoms with E-state index >= 15 is 0 Å². The van der Waals surface area contributed by atoms with Crippen molar-refractivity contribution in [3.8, 4) is 17.5 Å². The van der Waals surface area contributed by atoms with E-state index in [4.69, 9.17) is 14.2 Å². The Kier molecular flexibility index (Phi) is 25.7. The van der Waals surface area contributed by atoms with E-state index in [9.17, 15) is 73.1 Å². The SMILES string of the molecule is CNC(=O)c1ccccc1OCC(=O)N1CCN(C(=O)c2ccccc2C(F)(F)F)CC1.O=C(NCc1ccnc(OCc2ccccc2)c1)N1CCN(C(=O)c2ccccc2C(F)(F)F)CC1.O=C(Nc1ccc(OCc2ccccc2)nc1)N1CCN(C(=O)c2ccccc2C(F)(F)F)CC1. The van der Waals surface area contributed by atoms with Gasteiger partial charge >= 0.3 is 30.6 Å². The number of aromatic nitrogens is 2. The van der Waals surface area contributed by atoms with E-state index in [1.54, 1.807) is 54.7 Å².